The number of alkyl carbamates (subject to hydrolysis) is 1. The van der Waals surface area contributed by atoms with Crippen molar-refractivity contribution in [2.75, 3.05) is 6.54 Å². The third-order valence-corrected chi connectivity index (χ3v) is 4.11. The molecule has 1 aliphatic heterocycles. The fraction of sp³-hybridized carbons (Fsp3) is 0.421. The van der Waals surface area contributed by atoms with Gasteiger partial charge in [-0.05, 0) is 19.4 Å². The number of oxime groups is 1. The Morgan fingerprint density at radius 3 is 2.57 bits per heavy atom. The van der Waals surface area contributed by atoms with Gasteiger partial charge in [-0.25, -0.2) is 9.59 Å². The number of rotatable bonds is 9. The van der Waals surface area contributed by atoms with E-state index in [4.69, 9.17) is 20.7 Å². The maximum atomic E-state index is 12.1. The average molecular weight is 419 g/mol. The van der Waals surface area contributed by atoms with Crippen LogP contribution in [0, 0.1) is 5.41 Å². The molecule has 0 saturated heterocycles. The van der Waals surface area contributed by atoms with Gasteiger partial charge in [0, 0.05) is 18.5 Å². The van der Waals surface area contributed by atoms with Gasteiger partial charge in [0.1, 0.15) is 18.0 Å². The van der Waals surface area contributed by atoms with Crippen LogP contribution >= 0.6 is 0 Å². The van der Waals surface area contributed by atoms with Crippen molar-refractivity contribution in [1.29, 1.82) is 5.41 Å². The van der Waals surface area contributed by atoms with Crippen molar-refractivity contribution in [3.8, 4) is 0 Å². The summed E-state index contributed by atoms with van der Waals surface area (Å²) in [5, 5.41) is 25.2. The van der Waals surface area contributed by atoms with Gasteiger partial charge in [0.05, 0.1) is 18.2 Å². The molecule has 2 amide bonds. The van der Waals surface area contributed by atoms with E-state index in [1.54, 1.807) is 38.1 Å². The van der Waals surface area contributed by atoms with Gasteiger partial charge in [-0.15, -0.1) is 0 Å². The summed E-state index contributed by atoms with van der Waals surface area (Å²) in [6, 6.07) is 5.60. The number of carboxylic acid groups (broad SMARTS) is 1. The highest BCUT2D eigenvalue weighted by Gasteiger charge is 2.26. The van der Waals surface area contributed by atoms with Crippen molar-refractivity contribution in [3.05, 3.63) is 35.4 Å². The Balaban J connectivity index is 1.80. The van der Waals surface area contributed by atoms with Crippen LogP contribution in [0.25, 0.3) is 0 Å². The molecule has 1 aromatic carbocycles. The Hall–Kier alpha value is -3.63. The summed E-state index contributed by atoms with van der Waals surface area (Å²) >= 11 is 0. The molecule has 0 bridgehead atoms. The molecule has 2 atom stereocenters. The molecule has 1 aromatic rings. The number of nitrogens with two attached hydrogens (primary N) is 1. The van der Waals surface area contributed by atoms with Crippen molar-refractivity contribution >= 4 is 29.5 Å². The Bertz CT molecular complexity index is 836. The van der Waals surface area contributed by atoms with Crippen LogP contribution in [0.5, 0.6) is 0 Å². The Morgan fingerprint density at radius 1 is 1.33 bits per heavy atom. The van der Waals surface area contributed by atoms with E-state index in [1.165, 1.54) is 0 Å². The standard InChI is InChI=1S/C19H25N5O6/c1-10(2)29-19(28)23-15(18(26)27)9-22-16(25)8-13-7-14(24-30-13)11-3-5-12(6-4-11)17(20)21/h3-6,10,13,15H,7-9H2,1-2H3,(H3,20,21)(H,22,25)(H,23,28)(H,26,27)/t13?,15-/m0/s1. The normalized spacial score (nSPS) is 16.2. The smallest absolute Gasteiger partial charge is 0.408 e. The second-order valence-electron chi connectivity index (χ2n) is 6.96. The van der Waals surface area contributed by atoms with Crippen molar-refractivity contribution in [3.63, 3.8) is 0 Å². The highest BCUT2D eigenvalue weighted by atomic mass is 16.6. The minimum Gasteiger partial charge on any atom is -0.480 e. The topological polar surface area (TPSA) is 176 Å². The second-order valence-corrected chi connectivity index (χ2v) is 6.96. The molecule has 0 spiro atoms. The molecule has 1 heterocycles. The first-order valence-electron chi connectivity index (χ1n) is 9.30. The predicted octanol–water partition coefficient (Wildman–Crippen LogP) is 0.558. The van der Waals surface area contributed by atoms with E-state index >= 15 is 0 Å². The molecule has 11 nitrogen and oxygen atoms in total. The van der Waals surface area contributed by atoms with Crippen LogP contribution in [0.4, 0.5) is 4.79 Å². The van der Waals surface area contributed by atoms with Crippen LogP contribution in [0.15, 0.2) is 29.4 Å². The van der Waals surface area contributed by atoms with Crippen LogP contribution < -0.4 is 16.4 Å². The van der Waals surface area contributed by atoms with Crippen LogP contribution in [-0.2, 0) is 19.2 Å². The number of aliphatic carboxylic acids is 1. The van der Waals surface area contributed by atoms with Crippen molar-refractivity contribution in [1.82, 2.24) is 10.6 Å². The number of nitrogens with one attached hydrogen (secondary N) is 3. The van der Waals surface area contributed by atoms with E-state index in [1.807, 2.05) is 0 Å². The lowest BCUT2D eigenvalue weighted by molar-refractivity contribution is -0.139. The number of ether oxygens (including phenoxy) is 1. The number of carbonyl (C=O) groups is 3. The Morgan fingerprint density at radius 2 is 2.00 bits per heavy atom. The Labute approximate surface area is 173 Å². The molecule has 30 heavy (non-hydrogen) atoms. The quantitative estimate of drug-likeness (QED) is 0.287. The van der Waals surface area contributed by atoms with E-state index in [-0.39, 0.29) is 18.8 Å². The van der Waals surface area contributed by atoms with Gasteiger partial charge in [0.2, 0.25) is 5.91 Å². The fourth-order valence-corrected chi connectivity index (χ4v) is 2.64. The van der Waals surface area contributed by atoms with Crippen LogP contribution in [0.2, 0.25) is 0 Å². The molecule has 0 saturated carbocycles. The zero-order chi connectivity index (χ0) is 22.3. The molecule has 1 aliphatic rings. The van der Waals surface area contributed by atoms with E-state index in [0.717, 1.165) is 5.56 Å². The first-order chi connectivity index (χ1) is 14.2. The zero-order valence-electron chi connectivity index (χ0n) is 16.7. The number of hydrogen-bond acceptors (Lipinski definition) is 7. The number of amidine groups is 1. The minimum atomic E-state index is -1.32. The monoisotopic (exact) mass is 419 g/mol. The molecule has 0 radical (unpaired) electrons. The van der Waals surface area contributed by atoms with Crippen molar-refractivity contribution in [2.24, 2.45) is 10.9 Å². The van der Waals surface area contributed by atoms with Gasteiger partial charge >= 0.3 is 12.1 Å². The summed E-state index contributed by atoms with van der Waals surface area (Å²) in [4.78, 5) is 40.2. The number of amides is 2. The summed E-state index contributed by atoms with van der Waals surface area (Å²) < 4.78 is 4.84. The number of carbonyl (C=O) groups excluding carboxylic acids is 2. The Kier molecular flexibility index (Phi) is 7.73. The summed E-state index contributed by atoms with van der Waals surface area (Å²) in [5.41, 5.74) is 7.47. The van der Waals surface area contributed by atoms with Gasteiger partial charge in [0.15, 0.2) is 0 Å². The average Bonchev–Trinajstić information content (AvgIpc) is 3.12. The van der Waals surface area contributed by atoms with E-state index in [2.05, 4.69) is 15.8 Å². The van der Waals surface area contributed by atoms with E-state index in [0.29, 0.717) is 17.7 Å². The largest absolute Gasteiger partial charge is 0.480 e. The van der Waals surface area contributed by atoms with Crippen LogP contribution in [0.1, 0.15) is 37.8 Å². The first kappa shape index (κ1) is 22.7. The molecule has 0 aliphatic carbocycles. The van der Waals surface area contributed by atoms with E-state index in [9.17, 15) is 19.5 Å². The highest BCUT2D eigenvalue weighted by Crippen LogP contribution is 2.19. The van der Waals surface area contributed by atoms with Gasteiger partial charge in [-0.1, -0.05) is 29.4 Å². The van der Waals surface area contributed by atoms with E-state index < -0.39 is 36.2 Å². The lowest BCUT2D eigenvalue weighted by atomic mass is 10.0. The molecule has 11 heteroatoms. The number of carboxylic acids is 1. The number of nitrogens with zero attached hydrogens (tertiary/aromatic N) is 1. The molecule has 0 fully saturated rings. The molecule has 6 N–H and O–H groups in total. The summed E-state index contributed by atoms with van der Waals surface area (Å²) in [6.45, 7) is 2.97. The lowest BCUT2D eigenvalue weighted by Gasteiger charge is -2.17. The highest BCUT2D eigenvalue weighted by molar-refractivity contribution is 6.02. The first-order valence-corrected chi connectivity index (χ1v) is 9.30. The summed E-state index contributed by atoms with van der Waals surface area (Å²) in [5.74, 6) is -1.77. The predicted molar refractivity (Wildman–Crippen MR) is 107 cm³/mol. The maximum Gasteiger partial charge on any atom is 0.408 e. The molecule has 1 unspecified atom stereocenters. The SMILES string of the molecule is CC(C)OC(=O)N[C@@H](CNC(=O)CC1CC(c2ccc(C(=N)N)cc2)=NO1)C(=O)O. The molecular formula is C19H25N5O6. The van der Waals surface area contributed by atoms with Crippen molar-refractivity contribution in [2.45, 2.75) is 44.9 Å². The van der Waals surface area contributed by atoms with Crippen molar-refractivity contribution < 1.29 is 29.1 Å². The van der Waals surface area contributed by atoms with Crippen LogP contribution in [-0.4, -0.2) is 59.4 Å². The van der Waals surface area contributed by atoms with Gasteiger partial charge in [0.25, 0.3) is 0 Å². The summed E-state index contributed by atoms with van der Waals surface area (Å²) in [6.07, 6.45) is -1.40. The molecule has 0 aromatic heterocycles. The van der Waals surface area contributed by atoms with Crippen LogP contribution in [0.3, 0.4) is 0 Å². The van der Waals surface area contributed by atoms with Gasteiger partial charge in [-0.3, -0.25) is 10.2 Å². The third-order valence-electron chi connectivity index (χ3n) is 4.11. The molecule has 162 valence electrons. The third kappa shape index (κ3) is 6.76. The lowest BCUT2D eigenvalue weighted by Crippen LogP contribution is -2.49. The molecule has 2 rings (SSSR count). The number of benzene rings is 1. The van der Waals surface area contributed by atoms with Gasteiger partial charge in [-0.2, -0.15) is 0 Å². The molecular weight excluding hydrogens is 394 g/mol. The fourth-order valence-electron chi connectivity index (χ4n) is 2.64. The summed E-state index contributed by atoms with van der Waals surface area (Å²) in [7, 11) is 0. The minimum absolute atomic E-state index is 0.0265. The number of nitrogen functional groups attached to an aromatic ring is 1. The second kappa shape index (κ2) is 10.2. The zero-order valence-corrected chi connectivity index (χ0v) is 16.7. The number of hydrogen-bond donors (Lipinski definition) is 5. The maximum absolute atomic E-state index is 12.1. The van der Waals surface area contributed by atoms with Gasteiger partial charge < -0.3 is 31.0 Å².